The highest BCUT2D eigenvalue weighted by atomic mass is 35.5. The van der Waals surface area contributed by atoms with Gasteiger partial charge < -0.3 is 0 Å². The first-order chi connectivity index (χ1) is 8.02. The van der Waals surface area contributed by atoms with Gasteiger partial charge in [-0.2, -0.15) is 9.78 Å². The number of nitrogens with zero attached hydrogens (tertiary/aromatic N) is 2. The predicted molar refractivity (Wildman–Crippen MR) is 69.9 cm³/mol. The average Bonchev–Trinajstić information content (AvgIpc) is 2.31. The van der Waals surface area contributed by atoms with E-state index in [1.807, 2.05) is 0 Å². The van der Waals surface area contributed by atoms with Crippen LogP contribution in [0.5, 0.6) is 0 Å². The maximum Gasteiger partial charge on any atom is 0.291 e. The van der Waals surface area contributed by atoms with E-state index in [4.69, 9.17) is 46.4 Å². The first-order valence-corrected chi connectivity index (χ1v) is 5.91. The first-order valence-electron chi connectivity index (χ1n) is 4.40. The molecule has 0 spiro atoms. The molecule has 1 aromatic carbocycles. The van der Waals surface area contributed by atoms with Gasteiger partial charge in [-0.05, 0) is 12.1 Å². The van der Waals surface area contributed by atoms with Crippen LogP contribution in [0.1, 0.15) is 0 Å². The molecule has 0 N–H and O–H groups in total. The van der Waals surface area contributed by atoms with Crippen molar-refractivity contribution < 1.29 is 0 Å². The maximum absolute atomic E-state index is 11.8. The van der Waals surface area contributed by atoms with Crippen LogP contribution in [0.15, 0.2) is 29.2 Å². The summed E-state index contributed by atoms with van der Waals surface area (Å²) in [5, 5.41) is 4.38. The molecule has 2 aromatic rings. The lowest BCUT2D eigenvalue weighted by Crippen LogP contribution is -2.21. The van der Waals surface area contributed by atoms with Crippen molar-refractivity contribution in [2.45, 2.75) is 0 Å². The smallest absolute Gasteiger partial charge is 0.266 e. The molecule has 2 rings (SSSR count). The van der Waals surface area contributed by atoms with Crippen LogP contribution in [0.3, 0.4) is 0 Å². The van der Waals surface area contributed by atoms with Gasteiger partial charge in [0.05, 0.1) is 27.0 Å². The third kappa shape index (κ3) is 2.29. The molecular weight excluding hydrogens is 306 g/mol. The van der Waals surface area contributed by atoms with Gasteiger partial charge in [-0.15, -0.1) is 0 Å². The van der Waals surface area contributed by atoms with Crippen LogP contribution < -0.4 is 5.56 Å². The first kappa shape index (κ1) is 12.7. The SMILES string of the molecule is O=c1c(Cl)c(Cl)cnn1-c1cccc(Cl)c1Cl. The zero-order chi connectivity index (χ0) is 12.6. The van der Waals surface area contributed by atoms with Gasteiger partial charge in [0.15, 0.2) is 0 Å². The highest BCUT2D eigenvalue weighted by Crippen LogP contribution is 2.27. The summed E-state index contributed by atoms with van der Waals surface area (Å²) in [6, 6.07) is 4.86. The normalized spacial score (nSPS) is 10.6. The van der Waals surface area contributed by atoms with Crippen LogP contribution in [0.4, 0.5) is 0 Å². The van der Waals surface area contributed by atoms with Crippen molar-refractivity contribution in [2.75, 3.05) is 0 Å². The van der Waals surface area contributed by atoms with E-state index in [9.17, 15) is 4.79 Å². The summed E-state index contributed by atoms with van der Waals surface area (Å²) in [6.07, 6.45) is 1.27. The lowest BCUT2D eigenvalue weighted by molar-refractivity contribution is 0.807. The van der Waals surface area contributed by atoms with Crippen LogP contribution in [-0.2, 0) is 0 Å². The molecule has 3 nitrogen and oxygen atoms in total. The van der Waals surface area contributed by atoms with Gasteiger partial charge in [0.2, 0.25) is 0 Å². The number of halogens is 4. The Bertz CT molecular complexity index is 639. The fourth-order valence-corrected chi connectivity index (χ4v) is 1.87. The van der Waals surface area contributed by atoms with Crippen molar-refractivity contribution in [1.82, 2.24) is 9.78 Å². The molecule has 0 fully saturated rings. The molecule has 0 bridgehead atoms. The monoisotopic (exact) mass is 308 g/mol. The minimum absolute atomic E-state index is 0.0890. The second-order valence-corrected chi connectivity index (χ2v) is 4.67. The van der Waals surface area contributed by atoms with Crippen molar-refractivity contribution in [2.24, 2.45) is 0 Å². The molecule has 88 valence electrons. The summed E-state index contributed by atoms with van der Waals surface area (Å²) in [7, 11) is 0. The van der Waals surface area contributed by atoms with E-state index in [0.29, 0.717) is 10.7 Å². The van der Waals surface area contributed by atoms with Crippen molar-refractivity contribution in [3.05, 3.63) is 54.8 Å². The van der Waals surface area contributed by atoms with Crippen molar-refractivity contribution in [3.8, 4) is 5.69 Å². The van der Waals surface area contributed by atoms with Gasteiger partial charge in [-0.1, -0.05) is 52.5 Å². The summed E-state index contributed by atoms with van der Waals surface area (Å²) < 4.78 is 1.04. The van der Waals surface area contributed by atoms with Crippen LogP contribution in [-0.4, -0.2) is 9.78 Å². The van der Waals surface area contributed by atoms with Crippen molar-refractivity contribution >= 4 is 46.4 Å². The van der Waals surface area contributed by atoms with Gasteiger partial charge >= 0.3 is 0 Å². The summed E-state index contributed by atoms with van der Waals surface area (Å²) >= 11 is 23.3. The summed E-state index contributed by atoms with van der Waals surface area (Å²) in [5.74, 6) is 0. The largest absolute Gasteiger partial charge is 0.291 e. The lowest BCUT2D eigenvalue weighted by Gasteiger charge is -2.08. The minimum Gasteiger partial charge on any atom is -0.266 e. The van der Waals surface area contributed by atoms with Gasteiger partial charge in [0.25, 0.3) is 5.56 Å². The lowest BCUT2D eigenvalue weighted by atomic mass is 10.3. The maximum atomic E-state index is 11.8. The number of hydrogen-bond acceptors (Lipinski definition) is 2. The van der Waals surface area contributed by atoms with Crippen LogP contribution >= 0.6 is 46.4 Å². The Morgan fingerprint density at radius 3 is 2.41 bits per heavy atom. The van der Waals surface area contributed by atoms with Gasteiger partial charge in [0, 0.05) is 0 Å². The molecule has 1 heterocycles. The summed E-state index contributed by atoms with van der Waals surface area (Å²) in [4.78, 5) is 11.8. The number of hydrogen-bond donors (Lipinski definition) is 0. The van der Waals surface area contributed by atoms with E-state index in [1.54, 1.807) is 18.2 Å². The third-order valence-electron chi connectivity index (χ3n) is 2.04. The van der Waals surface area contributed by atoms with Crippen LogP contribution in [0.25, 0.3) is 5.69 Å². The molecule has 0 unspecified atom stereocenters. The van der Waals surface area contributed by atoms with Crippen LogP contribution in [0, 0.1) is 0 Å². The standard InChI is InChI=1S/C10H4Cl4N2O/c11-5-2-1-3-7(8(5)13)16-10(17)9(14)6(12)4-15-16/h1-4H. The Hall–Kier alpha value is -0.740. The van der Waals surface area contributed by atoms with Gasteiger partial charge in [0.1, 0.15) is 5.02 Å². The van der Waals surface area contributed by atoms with Crippen LogP contribution in [0.2, 0.25) is 20.1 Å². The second kappa shape index (κ2) is 4.86. The topological polar surface area (TPSA) is 34.9 Å². The van der Waals surface area contributed by atoms with E-state index in [-0.39, 0.29) is 15.1 Å². The van der Waals surface area contributed by atoms with Crippen molar-refractivity contribution in [1.29, 1.82) is 0 Å². The molecule has 0 saturated carbocycles. The molecule has 17 heavy (non-hydrogen) atoms. The number of aromatic nitrogens is 2. The zero-order valence-electron chi connectivity index (χ0n) is 8.12. The Morgan fingerprint density at radius 2 is 1.71 bits per heavy atom. The molecule has 1 aromatic heterocycles. The minimum atomic E-state index is -0.552. The van der Waals surface area contributed by atoms with E-state index >= 15 is 0 Å². The predicted octanol–water partition coefficient (Wildman–Crippen LogP) is 3.85. The molecule has 0 saturated heterocycles. The second-order valence-electron chi connectivity index (χ2n) is 3.10. The average molecular weight is 310 g/mol. The molecule has 7 heteroatoms. The highest BCUT2D eigenvalue weighted by Gasteiger charge is 2.12. The van der Waals surface area contributed by atoms with E-state index in [0.717, 1.165) is 4.68 Å². The Kier molecular flexibility index (Phi) is 3.64. The molecule has 0 amide bonds. The molecule has 0 aliphatic heterocycles. The quantitative estimate of drug-likeness (QED) is 0.802. The fraction of sp³-hybridized carbons (Fsp3) is 0. The molecular formula is C10H4Cl4N2O. The number of rotatable bonds is 1. The molecule has 0 aliphatic rings. The van der Waals surface area contributed by atoms with E-state index < -0.39 is 5.56 Å². The molecule has 0 atom stereocenters. The Balaban J connectivity index is 2.74. The van der Waals surface area contributed by atoms with E-state index in [1.165, 1.54) is 6.20 Å². The Morgan fingerprint density at radius 1 is 1.00 bits per heavy atom. The van der Waals surface area contributed by atoms with E-state index in [2.05, 4.69) is 5.10 Å². The third-order valence-corrected chi connectivity index (χ3v) is 3.59. The van der Waals surface area contributed by atoms with Gasteiger partial charge in [-0.3, -0.25) is 4.79 Å². The Labute approximate surface area is 116 Å². The number of benzene rings is 1. The summed E-state index contributed by atoms with van der Waals surface area (Å²) in [5.41, 5.74) is -0.203. The fourth-order valence-electron chi connectivity index (χ4n) is 1.24. The molecule has 0 aliphatic carbocycles. The zero-order valence-corrected chi connectivity index (χ0v) is 11.1. The summed E-state index contributed by atoms with van der Waals surface area (Å²) in [6.45, 7) is 0. The molecule has 0 radical (unpaired) electrons. The van der Waals surface area contributed by atoms with Crippen molar-refractivity contribution in [3.63, 3.8) is 0 Å². The highest BCUT2D eigenvalue weighted by molar-refractivity contribution is 6.43. The van der Waals surface area contributed by atoms with Gasteiger partial charge in [-0.25, -0.2) is 0 Å².